The number of esters is 1. The van der Waals surface area contributed by atoms with Crippen LogP contribution in [0.25, 0.3) is 0 Å². The Hall–Kier alpha value is -1.90. The number of halogens is 1. The fourth-order valence-corrected chi connectivity index (χ4v) is 4.12. The van der Waals surface area contributed by atoms with Crippen LogP contribution in [-0.4, -0.2) is 33.3 Å². The van der Waals surface area contributed by atoms with Gasteiger partial charge in [0, 0.05) is 18.1 Å². The average Bonchev–Trinajstić information content (AvgIpc) is 2.63. The molecule has 8 heteroatoms. The summed E-state index contributed by atoms with van der Waals surface area (Å²) in [5.74, 6) is 0.230. The van der Waals surface area contributed by atoms with Crippen LogP contribution in [0.5, 0.6) is 0 Å². The molecule has 2 rings (SSSR count). The molecule has 1 N–H and O–H groups in total. The highest BCUT2D eigenvalue weighted by molar-refractivity contribution is 7.98. The molecule has 2 aromatic rings. The molecule has 0 fully saturated rings. The molecule has 0 aliphatic heterocycles. The lowest BCUT2D eigenvalue weighted by Gasteiger charge is -2.08. The van der Waals surface area contributed by atoms with Crippen molar-refractivity contribution in [2.75, 3.05) is 18.9 Å². The first-order valence-corrected chi connectivity index (χ1v) is 10.7. The Balaban J connectivity index is 1.83. The fourth-order valence-electron chi connectivity index (χ4n) is 2.11. The van der Waals surface area contributed by atoms with Gasteiger partial charge in [0.1, 0.15) is 5.82 Å². The number of hydrogen-bond donors (Lipinski definition) is 1. The Kier molecular flexibility index (Phi) is 7.62. The molecule has 0 radical (unpaired) electrons. The Morgan fingerprint density at radius 3 is 2.50 bits per heavy atom. The van der Waals surface area contributed by atoms with E-state index in [2.05, 4.69) is 4.72 Å². The number of ether oxygens (including phenoxy) is 1. The van der Waals surface area contributed by atoms with E-state index in [1.54, 1.807) is 25.1 Å². The summed E-state index contributed by atoms with van der Waals surface area (Å²) in [6, 6.07) is 12.1. The molecule has 0 spiro atoms. The quantitative estimate of drug-likeness (QED) is 0.520. The number of rotatable bonds is 9. The number of hydrogen-bond acceptors (Lipinski definition) is 5. The van der Waals surface area contributed by atoms with Crippen LogP contribution in [0.3, 0.4) is 0 Å². The zero-order chi connectivity index (χ0) is 19.0. The fraction of sp³-hybridized carbons (Fsp3) is 0.278. The molecule has 0 amide bonds. The van der Waals surface area contributed by atoms with Gasteiger partial charge in [-0.25, -0.2) is 22.3 Å². The van der Waals surface area contributed by atoms with Crippen molar-refractivity contribution < 1.29 is 22.3 Å². The lowest BCUT2D eigenvalue weighted by atomic mass is 10.2. The summed E-state index contributed by atoms with van der Waals surface area (Å²) >= 11 is 1.44. The molecule has 0 aliphatic rings. The second-order valence-corrected chi connectivity index (χ2v) is 8.16. The van der Waals surface area contributed by atoms with Crippen molar-refractivity contribution in [1.82, 2.24) is 4.72 Å². The summed E-state index contributed by atoms with van der Waals surface area (Å²) in [7, 11) is -3.66. The molecule has 26 heavy (non-hydrogen) atoms. The maximum Gasteiger partial charge on any atom is 0.338 e. The zero-order valence-corrected chi connectivity index (χ0v) is 15.9. The molecule has 0 aliphatic carbocycles. The molecule has 0 atom stereocenters. The Bertz CT molecular complexity index is 839. The Labute approximate surface area is 157 Å². The van der Waals surface area contributed by atoms with E-state index >= 15 is 0 Å². The zero-order valence-electron chi connectivity index (χ0n) is 14.3. The number of nitrogens with one attached hydrogen (secondary N) is 1. The van der Waals surface area contributed by atoms with Gasteiger partial charge in [-0.1, -0.05) is 18.2 Å². The van der Waals surface area contributed by atoms with Crippen LogP contribution < -0.4 is 4.72 Å². The van der Waals surface area contributed by atoms with Crippen LogP contribution in [0.15, 0.2) is 53.4 Å². The minimum atomic E-state index is -3.66. The van der Waals surface area contributed by atoms with E-state index in [0.29, 0.717) is 22.6 Å². The monoisotopic (exact) mass is 397 g/mol. The van der Waals surface area contributed by atoms with Crippen LogP contribution >= 0.6 is 11.8 Å². The molecule has 0 saturated heterocycles. The first-order valence-electron chi connectivity index (χ1n) is 8.02. The first-order chi connectivity index (χ1) is 12.4. The first kappa shape index (κ1) is 20.4. The summed E-state index contributed by atoms with van der Waals surface area (Å²) in [6.45, 7) is 2.18. The van der Waals surface area contributed by atoms with Gasteiger partial charge in [0.15, 0.2) is 0 Å². The van der Waals surface area contributed by atoms with Crippen LogP contribution in [0.4, 0.5) is 4.39 Å². The van der Waals surface area contributed by atoms with Crippen LogP contribution in [0, 0.1) is 5.82 Å². The number of thioether (sulfide) groups is 1. The van der Waals surface area contributed by atoms with Gasteiger partial charge in [-0.15, -0.1) is 0 Å². The van der Waals surface area contributed by atoms with Crippen molar-refractivity contribution in [3.05, 3.63) is 65.5 Å². The van der Waals surface area contributed by atoms with E-state index in [0.717, 1.165) is 0 Å². The van der Waals surface area contributed by atoms with E-state index in [4.69, 9.17) is 4.74 Å². The number of benzene rings is 2. The van der Waals surface area contributed by atoms with Gasteiger partial charge in [-0.05, 0) is 42.8 Å². The van der Waals surface area contributed by atoms with Gasteiger partial charge in [-0.3, -0.25) is 0 Å². The third kappa shape index (κ3) is 5.82. The second-order valence-electron chi connectivity index (χ2n) is 5.29. The van der Waals surface area contributed by atoms with Gasteiger partial charge in [0.25, 0.3) is 0 Å². The maximum atomic E-state index is 13.5. The average molecular weight is 397 g/mol. The summed E-state index contributed by atoms with van der Waals surface area (Å²) in [5.41, 5.74) is 0.890. The smallest absolute Gasteiger partial charge is 0.338 e. The molecule has 0 aromatic heterocycles. The summed E-state index contributed by atoms with van der Waals surface area (Å²) < 4.78 is 45.3. The number of carbonyl (C=O) groups is 1. The summed E-state index contributed by atoms with van der Waals surface area (Å²) in [6.07, 6.45) is 0. The molecule has 0 unspecified atom stereocenters. The summed E-state index contributed by atoms with van der Waals surface area (Å²) in [5, 5.41) is 0. The van der Waals surface area contributed by atoms with Crippen LogP contribution in [0.1, 0.15) is 22.8 Å². The van der Waals surface area contributed by atoms with Gasteiger partial charge in [0.2, 0.25) is 10.0 Å². The topological polar surface area (TPSA) is 72.5 Å². The van der Waals surface area contributed by atoms with E-state index in [9.17, 15) is 17.6 Å². The van der Waals surface area contributed by atoms with Crippen molar-refractivity contribution >= 4 is 27.8 Å². The number of carbonyl (C=O) groups excluding carboxylic acids is 1. The van der Waals surface area contributed by atoms with Gasteiger partial charge in [-0.2, -0.15) is 11.8 Å². The van der Waals surface area contributed by atoms with Crippen LogP contribution in [0.2, 0.25) is 0 Å². The molecular weight excluding hydrogens is 377 g/mol. The molecule has 0 bridgehead atoms. The molecule has 2 aromatic carbocycles. The van der Waals surface area contributed by atoms with Gasteiger partial charge in [0.05, 0.1) is 17.1 Å². The highest BCUT2D eigenvalue weighted by Crippen LogP contribution is 2.15. The van der Waals surface area contributed by atoms with E-state index < -0.39 is 16.0 Å². The standard InChI is InChI=1S/C18H20FNO4S2/c1-2-24-18(21)14-7-9-16(10-8-14)26(22,23)20-11-12-25-13-15-5-3-4-6-17(15)19/h3-10,20H,2,11-13H2,1H3. The third-order valence-corrected chi connectivity index (χ3v) is 5.91. The lowest BCUT2D eigenvalue weighted by Crippen LogP contribution is -2.26. The molecule has 5 nitrogen and oxygen atoms in total. The van der Waals surface area contributed by atoms with E-state index in [-0.39, 0.29) is 23.9 Å². The maximum absolute atomic E-state index is 13.5. The normalized spacial score (nSPS) is 11.3. The molecular formula is C18H20FNO4S2. The minimum absolute atomic E-state index is 0.0738. The van der Waals surface area contributed by atoms with Crippen molar-refractivity contribution in [3.8, 4) is 0 Å². The molecule has 0 saturated carbocycles. The SMILES string of the molecule is CCOC(=O)c1ccc(S(=O)(=O)NCCSCc2ccccc2F)cc1. The highest BCUT2D eigenvalue weighted by Gasteiger charge is 2.15. The van der Waals surface area contributed by atoms with Crippen LogP contribution in [-0.2, 0) is 20.5 Å². The molecule has 140 valence electrons. The van der Waals surface area contributed by atoms with E-state index in [1.165, 1.54) is 42.1 Å². The minimum Gasteiger partial charge on any atom is -0.462 e. The Morgan fingerprint density at radius 2 is 1.85 bits per heavy atom. The van der Waals surface area contributed by atoms with Crippen molar-refractivity contribution in [2.45, 2.75) is 17.6 Å². The predicted octanol–water partition coefficient (Wildman–Crippen LogP) is 3.21. The van der Waals surface area contributed by atoms with Gasteiger partial charge >= 0.3 is 5.97 Å². The second kappa shape index (κ2) is 9.70. The number of sulfonamides is 1. The van der Waals surface area contributed by atoms with E-state index in [1.807, 2.05) is 0 Å². The lowest BCUT2D eigenvalue weighted by molar-refractivity contribution is 0.0526. The van der Waals surface area contributed by atoms with Crippen molar-refractivity contribution in [3.63, 3.8) is 0 Å². The summed E-state index contributed by atoms with van der Waals surface area (Å²) in [4.78, 5) is 11.6. The largest absolute Gasteiger partial charge is 0.462 e. The van der Waals surface area contributed by atoms with Crippen molar-refractivity contribution in [2.24, 2.45) is 0 Å². The Morgan fingerprint density at radius 1 is 1.15 bits per heavy atom. The molecule has 0 heterocycles. The predicted molar refractivity (Wildman–Crippen MR) is 100 cm³/mol. The highest BCUT2D eigenvalue weighted by atomic mass is 32.2. The third-order valence-electron chi connectivity index (χ3n) is 3.43. The van der Waals surface area contributed by atoms with Crippen molar-refractivity contribution in [1.29, 1.82) is 0 Å². The van der Waals surface area contributed by atoms with Gasteiger partial charge < -0.3 is 4.74 Å².